The van der Waals surface area contributed by atoms with Gasteiger partial charge in [0.05, 0.1) is 34.7 Å². The van der Waals surface area contributed by atoms with Crippen LogP contribution < -0.4 is 14.8 Å². The van der Waals surface area contributed by atoms with Crippen LogP contribution in [0.15, 0.2) is 22.5 Å². The second kappa shape index (κ2) is 7.25. The quantitative estimate of drug-likeness (QED) is 0.489. The molecule has 8 nitrogen and oxygen atoms in total. The highest BCUT2D eigenvalue weighted by atomic mass is 32.2. The first kappa shape index (κ1) is 17.9. The Morgan fingerprint density at radius 2 is 1.78 bits per heavy atom. The standard InChI is InChI=1S/C16H13N5O3S3/c1-23-10-6-9(17-14(20-10)24-2)13(22)21-15-18-7-4-5-8-12(11(7)26-15)27-16(19-8)25-3/h4-6H,1-3H3,(H,18,21,22). The number of nitrogens with one attached hydrogen (secondary N) is 1. The molecule has 4 aromatic rings. The number of methoxy groups -OCH3 is 2. The van der Waals surface area contributed by atoms with Crippen LogP contribution in [0.4, 0.5) is 5.13 Å². The molecule has 0 bridgehead atoms. The summed E-state index contributed by atoms with van der Waals surface area (Å²) in [4.78, 5) is 29.7. The zero-order valence-electron chi connectivity index (χ0n) is 14.5. The molecule has 1 N–H and O–H groups in total. The van der Waals surface area contributed by atoms with Gasteiger partial charge in [-0.2, -0.15) is 9.97 Å². The van der Waals surface area contributed by atoms with Crippen molar-refractivity contribution in [2.45, 2.75) is 4.34 Å². The highest BCUT2D eigenvalue weighted by Gasteiger charge is 2.17. The number of amides is 1. The van der Waals surface area contributed by atoms with Crippen molar-refractivity contribution in [2.24, 2.45) is 0 Å². The number of hydrogen-bond donors (Lipinski definition) is 1. The number of benzene rings is 1. The van der Waals surface area contributed by atoms with Crippen molar-refractivity contribution in [3.05, 3.63) is 23.9 Å². The molecule has 4 rings (SSSR count). The van der Waals surface area contributed by atoms with E-state index in [2.05, 4.69) is 25.3 Å². The van der Waals surface area contributed by atoms with Crippen LogP contribution in [-0.2, 0) is 0 Å². The molecule has 0 saturated heterocycles. The molecule has 11 heteroatoms. The van der Waals surface area contributed by atoms with Crippen LogP contribution in [0.5, 0.6) is 11.9 Å². The summed E-state index contributed by atoms with van der Waals surface area (Å²) in [7, 11) is 2.88. The third kappa shape index (κ3) is 3.40. The van der Waals surface area contributed by atoms with Gasteiger partial charge in [0, 0.05) is 6.07 Å². The molecular weight excluding hydrogens is 406 g/mol. The van der Waals surface area contributed by atoms with Gasteiger partial charge in [0.1, 0.15) is 5.69 Å². The number of fused-ring (bicyclic) bond motifs is 3. The number of thioether (sulfide) groups is 1. The number of carbonyl (C=O) groups excluding carboxylic acids is 1. The maximum atomic E-state index is 12.6. The molecule has 0 aliphatic carbocycles. The Morgan fingerprint density at radius 1 is 1.04 bits per heavy atom. The average Bonchev–Trinajstić information content (AvgIpc) is 3.30. The maximum Gasteiger partial charge on any atom is 0.320 e. The lowest BCUT2D eigenvalue weighted by atomic mass is 10.3. The molecule has 0 spiro atoms. The van der Waals surface area contributed by atoms with Gasteiger partial charge in [0.25, 0.3) is 5.91 Å². The van der Waals surface area contributed by atoms with Crippen molar-refractivity contribution in [2.75, 3.05) is 25.8 Å². The van der Waals surface area contributed by atoms with Crippen LogP contribution >= 0.6 is 34.4 Å². The Bertz CT molecular complexity index is 1130. The Labute approximate surface area is 166 Å². The molecular formula is C16H13N5O3S3. The first-order chi connectivity index (χ1) is 13.1. The Hall–Kier alpha value is -2.50. The minimum atomic E-state index is -0.418. The van der Waals surface area contributed by atoms with Gasteiger partial charge in [-0.05, 0) is 18.4 Å². The first-order valence-corrected chi connectivity index (χ1v) is 10.5. The molecule has 3 aromatic heterocycles. The fraction of sp³-hybridized carbons (Fsp3) is 0.188. The second-order valence-electron chi connectivity index (χ2n) is 5.20. The van der Waals surface area contributed by atoms with Crippen molar-refractivity contribution in [3.8, 4) is 11.9 Å². The predicted octanol–water partition coefficient (Wildman–Crippen LogP) is 3.69. The number of nitrogens with zero attached hydrogens (tertiary/aromatic N) is 4. The molecule has 0 unspecified atom stereocenters. The topological polar surface area (TPSA) is 99.1 Å². The average molecular weight is 420 g/mol. The van der Waals surface area contributed by atoms with E-state index in [0.717, 1.165) is 24.8 Å². The van der Waals surface area contributed by atoms with E-state index in [1.165, 1.54) is 31.6 Å². The lowest BCUT2D eigenvalue weighted by molar-refractivity contribution is 0.102. The second-order valence-corrected chi connectivity index (χ2v) is 8.25. The van der Waals surface area contributed by atoms with Gasteiger partial charge < -0.3 is 9.47 Å². The fourth-order valence-corrected chi connectivity index (χ4v) is 5.02. The number of anilines is 1. The smallest absolute Gasteiger partial charge is 0.320 e. The van der Waals surface area contributed by atoms with Gasteiger partial charge in [-0.25, -0.2) is 9.97 Å². The van der Waals surface area contributed by atoms with E-state index in [1.54, 1.807) is 23.1 Å². The van der Waals surface area contributed by atoms with Crippen molar-refractivity contribution in [3.63, 3.8) is 0 Å². The van der Waals surface area contributed by atoms with Crippen molar-refractivity contribution in [1.29, 1.82) is 0 Å². The summed E-state index contributed by atoms with van der Waals surface area (Å²) in [6, 6.07) is 5.35. The normalized spacial score (nSPS) is 11.1. The molecule has 0 radical (unpaired) electrons. The summed E-state index contributed by atoms with van der Waals surface area (Å²) >= 11 is 4.64. The van der Waals surface area contributed by atoms with Crippen LogP contribution in [-0.4, -0.2) is 46.3 Å². The zero-order valence-corrected chi connectivity index (χ0v) is 16.9. The van der Waals surface area contributed by atoms with E-state index in [4.69, 9.17) is 9.47 Å². The van der Waals surface area contributed by atoms with Gasteiger partial charge in [0.2, 0.25) is 5.88 Å². The fourth-order valence-electron chi connectivity index (χ4n) is 2.37. The van der Waals surface area contributed by atoms with E-state index >= 15 is 0 Å². The largest absolute Gasteiger partial charge is 0.481 e. The summed E-state index contributed by atoms with van der Waals surface area (Å²) in [5.74, 6) is -0.175. The number of aromatic nitrogens is 4. The third-order valence-corrected chi connectivity index (χ3v) is 6.80. The van der Waals surface area contributed by atoms with E-state index in [0.29, 0.717) is 5.13 Å². The predicted molar refractivity (Wildman–Crippen MR) is 108 cm³/mol. The van der Waals surface area contributed by atoms with E-state index < -0.39 is 5.91 Å². The van der Waals surface area contributed by atoms with Crippen molar-refractivity contribution >= 4 is 65.9 Å². The number of rotatable bonds is 5. The Morgan fingerprint density at radius 3 is 2.48 bits per heavy atom. The molecule has 0 saturated carbocycles. The van der Waals surface area contributed by atoms with E-state index in [9.17, 15) is 4.79 Å². The summed E-state index contributed by atoms with van der Waals surface area (Å²) in [6.07, 6.45) is 2.00. The molecule has 0 aliphatic heterocycles. The summed E-state index contributed by atoms with van der Waals surface area (Å²) < 4.78 is 13.1. The number of carbonyl (C=O) groups is 1. The van der Waals surface area contributed by atoms with Gasteiger partial charge in [0.15, 0.2) is 9.47 Å². The SMILES string of the molecule is COc1cc(C(=O)Nc2nc3ccc4nc(SC)sc4c3s2)nc(OC)n1. The Balaban J connectivity index is 1.68. The lowest BCUT2D eigenvalue weighted by Crippen LogP contribution is -2.14. The number of hydrogen-bond acceptors (Lipinski definition) is 10. The maximum absolute atomic E-state index is 12.6. The Kier molecular flexibility index (Phi) is 4.81. The van der Waals surface area contributed by atoms with E-state index in [1.807, 2.05) is 18.4 Å². The highest BCUT2D eigenvalue weighted by Crippen LogP contribution is 2.38. The van der Waals surface area contributed by atoms with Crippen LogP contribution in [0.25, 0.3) is 20.4 Å². The minimum absolute atomic E-state index is 0.0553. The molecule has 138 valence electrons. The number of thiazole rings is 2. The summed E-state index contributed by atoms with van der Waals surface area (Å²) in [5, 5.41) is 3.27. The van der Waals surface area contributed by atoms with Gasteiger partial charge in [-0.1, -0.05) is 23.1 Å². The van der Waals surface area contributed by atoms with Gasteiger partial charge in [-0.3, -0.25) is 10.1 Å². The van der Waals surface area contributed by atoms with Crippen LogP contribution in [0, 0.1) is 0 Å². The van der Waals surface area contributed by atoms with Gasteiger partial charge >= 0.3 is 6.01 Å². The van der Waals surface area contributed by atoms with E-state index in [-0.39, 0.29) is 17.6 Å². The molecule has 1 amide bonds. The zero-order chi connectivity index (χ0) is 19.0. The molecule has 27 heavy (non-hydrogen) atoms. The summed E-state index contributed by atoms with van der Waals surface area (Å²) in [5.41, 5.74) is 1.88. The van der Waals surface area contributed by atoms with Crippen molar-refractivity contribution in [1.82, 2.24) is 19.9 Å². The lowest BCUT2D eigenvalue weighted by Gasteiger charge is -2.05. The number of ether oxygens (including phenoxy) is 2. The summed E-state index contributed by atoms with van der Waals surface area (Å²) in [6.45, 7) is 0. The minimum Gasteiger partial charge on any atom is -0.481 e. The molecule has 3 heterocycles. The highest BCUT2D eigenvalue weighted by molar-refractivity contribution is 8.00. The van der Waals surface area contributed by atoms with Crippen LogP contribution in [0.2, 0.25) is 0 Å². The molecule has 0 atom stereocenters. The first-order valence-electron chi connectivity index (χ1n) is 7.63. The monoisotopic (exact) mass is 419 g/mol. The molecule has 0 fully saturated rings. The van der Waals surface area contributed by atoms with Gasteiger partial charge in [-0.15, -0.1) is 11.3 Å². The van der Waals surface area contributed by atoms with Crippen molar-refractivity contribution < 1.29 is 14.3 Å². The molecule has 1 aromatic carbocycles. The van der Waals surface area contributed by atoms with Crippen LogP contribution in [0.1, 0.15) is 10.5 Å². The van der Waals surface area contributed by atoms with Crippen LogP contribution in [0.3, 0.4) is 0 Å². The third-order valence-electron chi connectivity index (χ3n) is 3.59. The molecule has 0 aliphatic rings.